The first kappa shape index (κ1) is 13.3. The van der Waals surface area contributed by atoms with Crippen LogP contribution in [0.3, 0.4) is 0 Å². The lowest BCUT2D eigenvalue weighted by Gasteiger charge is -1.94. The van der Waals surface area contributed by atoms with Crippen LogP contribution in [0.5, 0.6) is 0 Å². The lowest BCUT2D eigenvalue weighted by molar-refractivity contribution is 0.641. The van der Waals surface area contributed by atoms with Crippen molar-refractivity contribution in [3.05, 3.63) is 19.1 Å². The van der Waals surface area contributed by atoms with Gasteiger partial charge in [-0.25, -0.2) is 0 Å². The molecular formula is C14H23. The first-order chi connectivity index (χ1) is 6.91. The average molecular weight is 191 g/mol. The molecule has 0 aliphatic heterocycles. The van der Waals surface area contributed by atoms with Gasteiger partial charge in [-0.2, -0.15) is 0 Å². The molecule has 0 aromatic heterocycles. The van der Waals surface area contributed by atoms with Crippen molar-refractivity contribution in [2.45, 2.75) is 58.3 Å². The summed E-state index contributed by atoms with van der Waals surface area (Å²) in [6.07, 6.45) is 13.7. The van der Waals surface area contributed by atoms with Crippen LogP contribution in [0.4, 0.5) is 0 Å². The zero-order valence-corrected chi connectivity index (χ0v) is 9.52. The zero-order valence-electron chi connectivity index (χ0n) is 9.52. The first-order valence-corrected chi connectivity index (χ1v) is 5.81. The first-order valence-electron chi connectivity index (χ1n) is 5.81. The summed E-state index contributed by atoms with van der Waals surface area (Å²) in [4.78, 5) is 0. The van der Waals surface area contributed by atoms with Crippen LogP contribution >= 0.6 is 0 Å². The molecule has 0 amide bonds. The topological polar surface area (TPSA) is 0 Å². The molecule has 0 bridgehead atoms. The number of hydrogen-bond donors (Lipinski definition) is 0. The molecule has 1 radical (unpaired) electrons. The Bertz CT molecular complexity index is 178. The van der Waals surface area contributed by atoms with Crippen LogP contribution in [0.1, 0.15) is 58.3 Å². The second kappa shape index (κ2) is 12.3. The van der Waals surface area contributed by atoms with Crippen LogP contribution in [0.25, 0.3) is 0 Å². The molecule has 0 atom stereocenters. The van der Waals surface area contributed by atoms with Crippen molar-refractivity contribution in [2.75, 3.05) is 0 Å². The van der Waals surface area contributed by atoms with Gasteiger partial charge in [0.25, 0.3) is 0 Å². The third kappa shape index (κ3) is 11.3. The van der Waals surface area contributed by atoms with Crippen LogP contribution in [-0.4, -0.2) is 0 Å². The van der Waals surface area contributed by atoms with Gasteiger partial charge in [-0.1, -0.05) is 50.7 Å². The highest BCUT2D eigenvalue weighted by Crippen LogP contribution is 2.03. The van der Waals surface area contributed by atoms with Gasteiger partial charge >= 0.3 is 0 Å². The van der Waals surface area contributed by atoms with E-state index in [9.17, 15) is 0 Å². The van der Waals surface area contributed by atoms with Gasteiger partial charge in [0, 0.05) is 12.8 Å². The molecule has 79 valence electrons. The Kier molecular flexibility index (Phi) is 11.7. The third-order valence-corrected chi connectivity index (χ3v) is 2.08. The number of hydrogen-bond acceptors (Lipinski definition) is 0. The van der Waals surface area contributed by atoms with E-state index in [0.717, 1.165) is 19.3 Å². The van der Waals surface area contributed by atoms with Gasteiger partial charge in [-0.3, -0.25) is 0 Å². The van der Waals surface area contributed by atoms with Crippen LogP contribution in [-0.2, 0) is 0 Å². The lowest BCUT2D eigenvalue weighted by atomic mass is 10.1. The summed E-state index contributed by atoms with van der Waals surface area (Å²) in [6.45, 7) is 5.97. The highest BCUT2D eigenvalue weighted by molar-refractivity contribution is 5.04. The van der Waals surface area contributed by atoms with E-state index in [2.05, 4.69) is 37.8 Å². The average Bonchev–Trinajstić information content (AvgIpc) is 2.21. The maximum absolute atomic E-state index is 3.73. The van der Waals surface area contributed by atoms with Crippen molar-refractivity contribution in [3.63, 3.8) is 0 Å². The molecule has 0 saturated carbocycles. The minimum Gasteiger partial charge on any atom is -0.103 e. The van der Waals surface area contributed by atoms with Crippen molar-refractivity contribution in [1.29, 1.82) is 0 Å². The quantitative estimate of drug-likeness (QED) is 0.315. The molecule has 14 heavy (non-hydrogen) atoms. The second-order valence-electron chi connectivity index (χ2n) is 3.48. The van der Waals surface area contributed by atoms with E-state index in [-0.39, 0.29) is 0 Å². The van der Waals surface area contributed by atoms with E-state index in [1.165, 1.54) is 32.1 Å². The van der Waals surface area contributed by atoms with E-state index >= 15 is 0 Å². The summed E-state index contributed by atoms with van der Waals surface area (Å²) in [6, 6.07) is 0. The van der Waals surface area contributed by atoms with E-state index in [0.29, 0.717) is 0 Å². The summed E-state index contributed by atoms with van der Waals surface area (Å²) in [5.74, 6) is 6.35. The van der Waals surface area contributed by atoms with Gasteiger partial charge in [0.2, 0.25) is 0 Å². The monoisotopic (exact) mass is 191 g/mol. The molecule has 0 aliphatic carbocycles. The maximum atomic E-state index is 3.73. The molecule has 0 aliphatic rings. The summed E-state index contributed by atoms with van der Waals surface area (Å²) < 4.78 is 0. The van der Waals surface area contributed by atoms with Crippen LogP contribution < -0.4 is 0 Å². The van der Waals surface area contributed by atoms with E-state index in [4.69, 9.17) is 0 Å². The summed E-state index contributed by atoms with van der Waals surface area (Å²) in [5, 5.41) is 0. The Morgan fingerprint density at radius 2 is 1.79 bits per heavy atom. The Morgan fingerprint density at radius 3 is 2.50 bits per heavy atom. The summed E-state index contributed by atoms with van der Waals surface area (Å²) in [7, 11) is 0. The van der Waals surface area contributed by atoms with E-state index < -0.39 is 0 Å². The molecule has 0 fully saturated rings. The predicted molar refractivity (Wildman–Crippen MR) is 64.9 cm³/mol. The van der Waals surface area contributed by atoms with Gasteiger partial charge in [0.05, 0.1) is 0 Å². The fraction of sp³-hybridized carbons (Fsp3) is 0.643. The number of allylic oxidation sites excluding steroid dienone is 2. The van der Waals surface area contributed by atoms with Gasteiger partial charge in [-0.05, 0) is 19.8 Å². The molecule has 0 unspecified atom stereocenters. The molecule has 0 rings (SSSR count). The Morgan fingerprint density at radius 1 is 1.00 bits per heavy atom. The minimum absolute atomic E-state index is 0.874. The maximum Gasteiger partial charge on any atom is 0.0269 e. The summed E-state index contributed by atoms with van der Waals surface area (Å²) in [5.41, 5.74) is 0. The molecular weight excluding hydrogens is 168 g/mol. The van der Waals surface area contributed by atoms with Gasteiger partial charge in [-0.15, -0.1) is 5.92 Å². The third-order valence-electron chi connectivity index (χ3n) is 2.08. The molecule has 0 heterocycles. The zero-order chi connectivity index (χ0) is 10.5. The fourth-order valence-corrected chi connectivity index (χ4v) is 1.24. The molecule has 0 nitrogen and oxygen atoms in total. The normalized spacial score (nSPS) is 10.1. The predicted octanol–water partition coefficient (Wildman–Crippen LogP) is 4.52. The van der Waals surface area contributed by atoms with Gasteiger partial charge in [0.1, 0.15) is 0 Å². The van der Waals surface area contributed by atoms with E-state index in [1.807, 2.05) is 0 Å². The van der Waals surface area contributed by atoms with Crippen molar-refractivity contribution >= 4 is 0 Å². The molecule has 0 N–H and O–H groups in total. The highest BCUT2D eigenvalue weighted by atomic mass is 13.9. The summed E-state index contributed by atoms with van der Waals surface area (Å²) >= 11 is 0. The van der Waals surface area contributed by atoms with Crippen LogP contribution in [0.15, 0.2) is 12.2 Å². The molecule has 0 spiro atoms. The largest absolute Gasteiger partial charge is 0.103 e. The second-order valence-corrected chi connectivity index (χ2v) is 3.48. The molecule has 0 aromatic carbocycles. The standard InChI is InChI=1S/C14H23/c1-3-5-7-9-11-13-14-12-10-8-6-4-2/h5,7H,1,3-4,6,8-10,12,14H2,2H3/b7-5+. The van der Waals surface area contributed by atoms with Crippen molar-refractivity contribution < 1.29 is 0 Å². The Balaban J connectivity index is 3.13. The smallest absolute Gasteiger partial charge is 0.0269 e. The van der Waals surface area contributed by atoms with Crippen LogP contribution in [0, 0.1) is 18.8 Å². The molecule has 0 saturated heterocycles. The Hall–Kier alpha value is -0.700. The van der Waals surface area contributed by atoms with Gasteiger partial charge < -0.3 is 0 Å². The fourth-order valence-electron chi connectivity index (χ4n) is 1.24. The SMILES string of the molecule is [CH2]C/C=C/CC#CCCCCCCC. The molecule has 0 heteroatoms. The number of rotatable bonds is 7. The van der Waals surface area contributed by atoms with Crippen LogP contribution in [0.2, 0.25) is 0 Å². The molecule has 0 aromatic rings. The van der Waals surface area contributed by atoms with E-state index in [1.54, 1.807) is 0 Å². The lowest BCUT2D eigenvalue weighted by Crippen LogP contribution is -1.76. The minimum atomic E-state index is 0.874. The number of unbranched alkanes of at least 4 members (excludes halogenated alkanes) is 5. The van der Waals surface area contributed by atoms with Gasteiger partial charge in [0.15, 0.2) is 0 Å². The van der Waals surface area contributed by atoms with Crippen molar-refractivity contribution in [3.8, 4) is 11.8 Å². The van der Waals surface area contributed by atoms with Crippen molar-refractivity contribution in [2.24, 2.45) is 0 Å². The Labute approximate surface area is 89.8 Å². The highest BCUT2D eigenvalue weighted by Gasteiger charge is 1.85. The van der Waals surface area contributed by atoms with Crippen molar-refractivity contribution in [1.82, 2.24) is 0 Å².